The molecule has 0 radical (unpaired) electrons. The van der Waals surface area contributed by atoms with Crippen molar-refractivity contribution in [3.8, 4) is 5.75 Å². The second kappa shape index (κ2) is 7.39. The molecule has 3 N–H and O–H groups in total. The van der Waals surface area contributed by atoms with E-state index in [9.17, 15) is 5.11 Å². The molecule has 0 unspecified atom stereocenters. The van der Waals surface area contributed by atoms with Crippen molar-refractivity contribution < 1.29 is 75.4 Å². The molecule has 6 nitrogen and oxygen atoms in total. The van der Waals surface area contributed by atoms with E-state index < -0.39 is 10.4 Å². The molecule has 0 saturated carbocycles. The molecule has 17 heavy (non-hydrogen) atoms. The number of phenols is 1. The number of pyridine rings is 1. The van der Waals surface area contributed by atoms with Crippen LogP contribution >= 0.6 is 0 Å². The Morgan fingerprint density at radius 3 is 2.18 bits per heavy atom. The van der Waals surface area contributed by atoms with E-state index >= 15 is 0 Å². The van der Waals surface area contributed by atoms with Gasteiger partial charge in [-0.2, -0.15) is 8.42 Å². The van der Waals surface area contributed by atoms with Gasteiger partial charge in [-0.15, -0.1) is 0 Å². The van der Waals surface area contributed by atoms with Gasteiger partial charge in [-0.05, 0) is 12.1 Å². The van der Waals surface area contributed by atoms with Crippen molar-refractivity contribution in [3.05, 3.63) is 36.5 Å². The van der Waals surface area contributed by atoms with E-state index in [1.807, 2.05) is 18.2 Å². The minimum Gasteiger partial charge on any atom is -1.00 e. The number of benzene rings is 1. The van der Waals surface area contributed by atoms with Crippen LogP contribution in [0.2, 0.25) is 0 Å². The third-order valence-electron chi connectivity index (χ3n) is 1.61. The second-order valence-corrected chi connectivity index (χ2v) is 3.70. The van der Waals surface area contributed by atoms with E-state index in [0.29, 0.717) is 5.52 Å². The maximum atomic E-state index is 9.31. The van der Waals surface area contributed by atoms with Gasteiger partial charge in [-0.3, -0.25) is 14.1 Å². The molecule has 1 heterocycles. The summed E-state index contributed by atoms with van der Waals surface area (Å²) in [6.45, 7) is 0. The molecule has 0 fully saturated rings. The molecule has 0 aliphatic heterocycles. The van der Waals surface area contributed by atoms with Gasteiger partial charge in [0.1, 0.15) is 11.3 Å². The Bertz CT molecular complexity index is 579. The zero-order valence-corrected chi connectivity index (χ0v) is 12.9. The predicted octanol–water partition coefficient (Wildman–Crippen LogP) is -1.60. The molecule has 0 bridgehead atoms. The number of aromatic nitrogens is 1. The second-order valence-electron chi connectivity index (χ2n) is 2.80. The molecule has 0 saturated heterocycles. The van der Waals surface area contributed by atoms with E-state index in [-0.39, 0.29) is 58.6 Å². The number of aromatic hydroxyl groups is 1. The third kappa shape index (κ3) is 7.06. The van der Waals surface area contributed by atoms with E-state index in [1.54, 1.807) is 18.3 Å². The van der Waals surface area contributed by atoms with Gasteiger partial charge in [0.2, 0.25) is 0 Å². The molecular formula is C9H10KNO5S. The molecule has 88 valence electrons. The first-order chi connectivity index (χ1) is 7.38. The van der Waals surface area contributed by atoms with Gasteiger partial charge in [0.05, 0.1) is 0 Å². The first-order valence-electron chi connectivity index (χ1n) is 4.10. The van der Waals surface area contributed by atoms with Crippen molar-refractivity contribution in [3.63, 3.8) is 0 Å². The normalized spacial score (nSPS) is 10.0. The molecule has 0 spiro atoms. The van der Waals surface area contributed by atoms with E-state index in [4.69, 9.17) is 17.5 Å². The molecular weight excluding hydrogens is 273 g/mol. The van der Waals surface area contributed by atoms with Crippen molar-refractivity contribution in [1.82, 2.24) is 4.98 Å². The fourth-order valence-corrected chi connectivity index (χ4v) is 1.09. The fraction of sp³-hybridized carbons (Fsp3) is 0. The van der Waals surface area contributed by atoms with Crippen molar-refractivity contribution in [2.75, 3.05) is 0 Å². The molecule has 2 rings (SSSR count). The van der Waals surface area contributed by atoms with Crippen LogP contribution in [0.4, 0.5) is 0 Å². The Morgan fingerprint density at radius 2 is 1.65 bits per heavy atom. The van der Waals surface area contributed by atoms with Crippen LogP contribution in [0.3, 0.4) is 0 Å². The standard InChI is InChI=1S/C9H7NO.K.H2O4S.H/c11-8-5-1-3-7-4-2-6-10-9(7)8;;1-5(2,3)4;/h1-6,11H;;(H2,1,2,3,4);/q;+1;;-1. The maximum absolute atomic E-state index is 9.31. The predicted molar refractivity (Wildman–Crippen MR) is 58.7 cm³/mol. The number of fused-ring (bicyclic) bond motifs is 1. The van der Waals surface area contributed by atoms with E-state index in [2.05, 4.69) is 4.98 Å². The van der Waals surface area contributed by atoms with Crippen LogP contribution in [-0.2, 0) is 10.4 Å². The number of phenolic OH excluding ortho intramolecular Hbond substituents is 1. The summed E-state index contributed by atoms with van der Waals surface area (Å²) in [4.78, 5) is 4.03. The number of rotatable bonds is 0. The zero-order chi connectivity index (χ0) is 12.2. The number of para-hydroxylation sites is 1. The maximum Gasteiger partial charge on any atom is 1.00 e. The van der Waals surface area contributed by atoms with Crippen molar-refractivity contribution in [2.24, 2.45) is 0 Å². The summed E-state index contributed by atoms with van der Waals surface area (Å²) in [5.74, 6) is 0.239. The first-order valence-corrected chi connectivity index (χ1v) is 5.50. The Labute approximate surface area is 142 Å². The van der Waals surface area contributed by atoms with Gasteiger partial charge >= 0.3 is 61.8 Å². The average molecular weight is 283 g/mol. The van der Waals surface area contributed by atoms with Crippen LogP contribution in [0.1, 0.15) is 1.43 Å². The van der Waals surface area contributed by atoms with E-state index in [0.717, 1.165) is 5.39 Å². The van der Waals surface area contributed by atoms with Gasteiger partial charge < -0.3 is 6.53 Å². The molecule has 8 heteroatoms. The van der Waals surface area contributed by atoms with Gasteiger partial charge in [0.25, 0.3) is 0 Å². The summed E-state index contributed by atoms with van der Waals surface area (Å²) < 4.78 is 31.6. The summed E-state index contributed by atoms with van der Waals surface area (Å²) in [5.41, 5.74) is 0.662. The summed E-state index contributed by atoms with van der Waals surface area (Å²) in [6.07, 6.45) is 1.67. The molecule has 0 amide bonds. The molecule has 2 aromatic rings. The third-order valence-corrected chi connectivity index (χ3v) is 1.61. The Balaban J connectivity index is 0. The van der Waals surface area contributed by atoms with Crippen molar-refractivity contribution in [2.45, 2.75) is 0 Å². The summed E-state index contributed by atoms with van der Waals surface area (Å²) in [6, 6.07) is 9.13. The van der Waals surface area contributed by atoms with Gasteiger partial charge in [-0.25, -0.2) is 0 Å². The number of hydrogen-bond donors (Lipinski definition) is 3. The zero-order valence-electron chi connectivity index (χ0n) is 9.98. The minimum absolute atomic E-state index is 0. The first kappa shape index (κ1) is 16.9. The molecule has 1 aromatic heterocycles. The molecule has 0 aliphatic rings. The van der Waals surface area contributed by atoms with Crippen molar-refractivity contribution >= 4 is 21.3 Å². The van der Waals surface area contributed by atoms with Gasteiger partial charge in [-0.1, -0.05) is 18.2 Å². The molecule has 0 atom stereocenters. The minimum atomic E-state index is -4.67. The smallest absolute Gasteiger partial charge is 1.00 e. The summed E-state index contributed by atoms with van der Waals surface area (Å²) in [7, 11) is -4.67. The topological polar surface area (TPSA) is 108 Å². The van der Waals surface area contributed by atoms with E-state index in [1.165, 1.54) is 0 Å². The monoisotopic (exact) mass is 283 g/mol. The van der Waals surface area contributed by atoms with Crippen LogP contribution < -0.4 is 51.4 Å². The number of hydrogen-bond acceptors (Lipinski definition) is 4. The SMILES string of the molecule is O=S(=O)(O)O.Oc1cccc2cccnc12.[H-].[K+]. The molecule has 0 aliphatic carbocycles. The Kier molecular flexibility index (Phi) is 7.36. The summed E-state index contributed by atoms with van der Waals surface area (Å²) >= 11 is 0. The number of nitrogens with zero attached hydrogens (tertiary/aromatic N) is 1. The van der Waals surface area contributed by atoms with Crippen LogP contribution in [0.5, 0.6) is 5.75 Å². The average Bonchev–Trinajstić information content (AvgIpc) is 2.16. The van der Waals surface area contributed by atoms with Gasteiger partial charge in [0, 0.05) is 11.6 Å². The van der Waals surface area contributed by atoms with Crippen molar-refractivity contribution in [1.29, 1.82) is 0 Å². The van der Waals surface area contributed by atoms with Crippen LogP contribution in [-0.4, -0.2) is 27.6 Å². The Hall–Kier alpha value is -0.0636. The van der Waals surface area contributed by atoms with Crippen LogP contribution in [0.15, 0.2) is 36.5 Å². The fourth-order valence-electron chi connectivity index (χ4n) is 1.09. The van der Waals surface area contributed by atoms with Crippen LogP contribution in [0.25, 0.3) is 10.9 Å². The quantitative estimate of drug-likeness (QED) is 0.397. The van der Waals surface area contributed by atoms with Gasteiger partial charge in [0.15, 0.2) is 0 Å². The summed E-state index contributed by atoms with van der Waals surface area (Å²) in [5, 5.41) is 10.3. The van der Waals surface area contributed by atoms with Crippen LogP contribution in [0, 0.1) is 0 Å². The Morgan fingerprint density at radius 1 is 1.12 bits per heavy atom. The largest absolute Gasteiger partial charge is 1.00 e. The molecule has 1 aromatic carbocycles.